The van der Waals surface area contributed by atoms with Crippen molar-refractivity contribution < 1.29 is 0 Å². The van der Waals surface area contributed by atoms with Crippen LogP contribution >= 0.6 is 0 Å². The summed E-state index contributed by atoms with van der Waals surface area (Å²) in [7, 11) is 5.00. The van der Waals surface area contributed by atoms with Crippen LogP contribution in [0.25, 0.3) is 0 Å². The molecule has 0 bridgehead atoms. The first-order valence-electron chi connectivity index (χ1n) is 7.21. The van der Waals surface area contributed by atoms with Gasteiger partial charge in [-0.1, -0.05) is 59.1 Å². The van der Waals surface area contributed by atoms with E-state index in [4.69, 9.17) is 0 Å². The van der Waals surface area contributed by atoms with Crippen LogP contribution in [0.2, 0.25) is 5.21 Å². The Bertz CT molecular complexity index is 225. The maximum Gasteiger partial charge on any atom is 0.100 e. The lowest BCUT2D eigenvalue weighted by atomic mass is 9.36. The Kier molecular flexibility index (Phi) is 4.24. The van der Waals surface area contributed by atoms with E-state index in [2.05, 4.69) is 50.3 Å². The summed E-state index contributed by atoms with van der Waals surface area (Å²) in [6.45, 7) is 12.1. The van der Waals surface area contributed by atoms with Gasteiger partial charge in [0.25, 0.3) is 0 Å². The fourth-order valence-electron chi connectivity index (χ4n) is 3.80. The Morgan fingerprint density at radius 2 is 1.69 bits per heavy atom. The molecule has 0 spiro atoms. The van der Waals surface area contributed by atoms with Gasteiger partial charge in [0.2, 0.25) is 0 Å². The van der Waals surface area contributed by atoms with Gasteiger partial charge in [0.1, 0.15) is 15.7 Å². The lowest BCUT2D eigenvalue weighted by molar-refractivity contribution is 0.177. The first-order valence-corrected chi connectivity index (χ1v) is 7.21. The smallest absolute Gasteiger partial charge is 0.0766 e. The third-order valence-electron chi connectivity index (χ3n) is 5.54. The van der Waals surface area contributed by atoms with E-state index in [1.54, 1.807) is 0 Å². The molecule has 16 heavy (non-hydrogen) atoms. The van der Waals surface area contributed by atoms with E-state index in [0.29, 0.717) is 10.6 Å². The second-order valence-corrected chi connectivity index (χ2v) is 7.60. The van der Waals surface area contributed by atoms with E-state index < -0.39 is 0 Å². The van der Waals surface area contributed by atoms with E-state index in [1.807, 2.05) is 0 Å². The van der Waals surface area contributed by atoms with Crippen molar-refractivity contribution in [1.82, 2.24) is 0 Å². The Hall–Kier alpha value is 0.130. The topological polar surface area (TPSA) is 0 Å². The monoisotopic (exact) mass is 220 g/mol. The van der Waals surface area contributed by atoms with Crippen molar-refractivity contribution in [2.75, 3.05) is 0 Å². The van der Waals surface area contributed by atoms with Crippen LogP contribution in [0.1, 0.15) is 60.3 Å². The summed E-state index contributed by atoms with van der Waals surface area (Å²) >= 11 is 0. The van der Waals surface area contributed by atoms with Crippen LogP contribution in [-0.4, -0.2) is 15.7 Å². The minimum absolute atomic E-state index is 0.419. The SMILES string of the molecule is BC(B)(C1C(C)CCC1CCC)C(C)(C)C. The largest absolute Gasteiger partial charge is 0.100 e. The quantitative estimate of drug-likeness (QED) is 0.641. The average Bonchev–Trinajstić information content (AvgIpc) is 2.46. The van der Waals surface area contributed by atoms with Gasteiger partial charge in [-0.3, -0.25) is 0 Å². The zero-order valence-corrected chi connectivity index (χ0v) is 12.6. The highest BCUT2D eigenvalue weighted by atomic mass is 14.5. The molecule has 0 nitrogen and oxygen atoms in total. The molecule has 1 aliphatic rings. The molecule has 3 atom stereocenters. The molecular formula is C14H30B2. The molecule has 3 unspecified atom stereocenters. The first-order chi connectivity index (χ1) is 7.21. The zero-order valence-electron chi connectivity index (χ0n) is 12.6. The summed E-state index contributed by atoms with van der Waals surface area (Å²) in [5.74, 6) is 2.83. The molecule has 0 saturated heterocycles. The van der Waals surface area contributed by atoms with E-state index in [0.717, 1.165) is 17.8 Å². The molecule has 1 aliphatic carbocycles. The van der Waals surface area contributed by atoms with Crippen LogP contribution in [0.3, 0.4) is 0 Å². The maximum absolute atomic E-state index is 2.50. The summed E-state index contributed by atoms with van der Waals surface area (Å²) in [6, 6.07) is 0. The first kappa shape index (κ1) is 14.2. The summed E-state index contributed by atoms with van der Waals surface area (Å²) in [5.41, 5.74) is 0.419. The van der Waals surface area contributed by atoms with Gasteiger partial charge in [0, 0.05) is 0 Å². The highest BCUT2D eigenvalue weighted by molar-refractivity contribution is 6.40. The van der Waals surface area contributed by atoms with E-state index in [-0.39, 0.29) is 0 Å². The maximum atomic E-state index is 2.50. The van der Waals surface area contributed by atoms with E-state index in [1.165, 1.54) is 25.7 Å². The third kappa shape index (κ3) is 2.51. The van der Waals surface area contributed by atoms with Crippen LogP contribution < -0.4 is 0 Å². The second-order valence-electron chi connectivity index (χ2n) is 7.60. The van der Waals surface area contributed by atoms with Crippen molar-refractivity contribution >= 4 is 15.7 Å². The number of hydrogen-bond acceptors (Lipinski definition) is 0. The normalized spacial score (nSPS) is 31.9. The molecule has 0 aliphatic heterocycles. The van der Waals surface area contributed by atoms with Gasteiger partial charge < -0.3 is 0 Å². The van der Waals surface area contributed by atoms with Crippen molar-refractivity contribution in [2.45, 2.75) is 65.5 Å². The molecule has 0 radical (unpaired) electrons. The Balaban J connectivity index is 2.90. The number of rotatable bonds is 3. The molecule has 0 heterocycles. The molecule has 0 aromatic carbocycles. The molecule has 0 N–H and O–H groups in total. The molecular weight excluding hydrogens is 190 g/mol. The predicted octanol–water partition coefficient (Wildman–Crippen LogP) is 2.88. The van der Waals surface area contributed by atoms with Crippen molar-refractivity contribution in [2.24, 2.45) is 23.2 Å². The summed E-state index contributed by atoms with van der Waals surface area (Å²) < 4.78 is 0. The molecule has 0 aromatic rings. The fraction of sp³-hybridized carbons (Fsp3) is 1.00. The second kappa shape index (κ2) is 4.78. The highest BCUT2D eigenvalue weighted by Gasteiger charge is 2.47. The van der Waals surface area contributed by atoms with Crippen molar-refractivity contribution in [1.29, 1.82) is 0 Å². The molecule has 1 rings (SSSR count). The molecule has 0 aromatic heterocycles. The zero-order chi connectivity index (χ0) is 12.6. The molecule has 1 saturated carbocycles. The van der Waals surface area contributed by atoms with Gasteiger partial charge in [0.15, 0.2) is 0 Å². The highest BCUT2D eigenvalue weighted by Crippen LogP contribution is 2.57. The molecule has 0 amide bonds. The fourth-order valence-corrected chi connectivity index (χ4v) is 3.80. The predicted molar refractivity (Wildman–Crippen MR) is 79.5 cm³/mol. The van der Waals surface area contributed by atoms with E-state index in [9.17, 15) is 0 Å². The number of hydrogen-bond donors (Lipinski definition) is 0. The van der Waals surface area contributed by atoms with Crippen molar-refractivity contribution in [3.63, 3.8) is 0 Å². The summed E-state index contributed by atoms with van der Waals surface area (Å²) in [4.78, 5) is 0. The molecule has 2 heteroatoms. The third-order valence-corrected chi connectivity index (χ3v) is 5.54. The van der Waals surface area contributed by atoms with Crippen molar-refractivity contribution in [3.05, 3.63) is 0 Å². The van der Waals surface area contributed by atoms with Crippen LogP contribution in [0.5, 0.6) is 0 Å². The lowest BCUT2D eigenvalue weighted by Gasteiger charge is -2.48. The van der Waals surface area contributed by atoms with Gasteiger partial charge >= 0.3 is 0 Å². The van der Waals surface area contributed by atoms with Crippen LogP contribution in [0.4, 0.5) is 0 Å². The standard InChI is InChI=1S/C14H30B2/c1-6-7-11-9-8-10(2)12(11)14(15,16)13(3,4)5/h10-12H,6-9,15-16H2,1-5H3. The average molecular weight is 220 g/mol. The van der Waals surface area contributed by atoms with Gasteiger partial charge in [0.05, 0.1) is 0 Å². The molecule has 92 valence electrons. The van der Waals surface area contributed by atoms with Gasteiger partial charge in [-0.25, -0.2) is 0 Å². The Labute approximate surface area is 105 Å². The van der Waals surface area contributed by atoms with Gasteiger partial charge in [-0.05, 0) is 29.6 Å². The Morgan fingerprint density at radius 1 is 1.12 bits per heavy atom. The van der Waals surface area contributed by atoms with Gasteiger partial charge in [-0.15, -0.1) is 0 Å². The minimum Gasteiger partial charge on any atom is -0.0766 e. The van der Waals surface area contributed by atoms with E-state index >= 15 is 0 Å². The summed E-state index contributed by atoms with van der Waals surface area (Å²) in [5, 5.41) is 0.461. The Morgan fingerprint density at radius 3 is 2.12 bits per heavy atom. The minimum atomic E-state index is 0.419. The van der Waals surface area contributed by atoms with Gasteiger partial charge in [-0.2, -0.15) is 0 Å². The van der Waals surface area contributed by atoms with Crippen LogP contribution in [0, 0.1) is 23.2 Å². The van der Waals surface area contributed by atoms with Crippen LogP contribution in [-0.2, 0) is 0 Å². The van der Waals surface area contributed by atoms with Crippen LogP contribution in [0.15, 0.2) is 0 Å². The van der Waals surface area contributed by atoms with Crippen molar-refractivity contribution in [3.8, 4) is 0 Å². The molecule has 1 fully saturated rings. The lowest BCUT2D eigenvalue weighted by Crippen LogP contribution is -2.40. The summed E-state index contributed by atoms with van der Waals surface area (Å²) in [6.07, 6.45) is 5.72.